The van der Waals surface area contributed by atoms with Gasteiger partial charge < -0.3 is 0 Å². The van der Waals surface area contributed by atoms with Crippen molar-refractivity contribution in [3.05, 3.63) is 33.6 Å². The van der Waals surface area contributed by atoms with Crippen LogP contribution in [0.15, 0.2) is 28.7 Å². The molecule has 1 fully saturated rings. The van der Waals surface area contributed by atoms with E-state index in [-0.39, 0.29) is 11.8 Å². The summed E-state index contributed by atoms with van der Waals surface area (Å²) in [5.41, 5.74) is 1.98. The Kier molecular flexibility index (Phi) is 3.83. The van der Waals surface area contributed by atoms with E-state index in [1.807, 2.05) is 31.2 Å². The van der Waals surface area contributed by atoms with Gasteiger partial charge in [0.1, 0.15) is 0 Å². The highest BCUT2D eigenvalue weighted by Gasteiger charge is 2.31. The molecule has 1 aliphatic rings. The monoisotopic (exact) mass is 360 g/mol. The van der Waals surface area contributed by atoms with Gasteiger partial charge in [0.2, 0.25) is 5.91 Å². The summed E-state index contributed by atoms with van der Waals surface area (Å²) in [6, 6.07) is 8.02. The Morgan fingerprint density at radius 3 is 2.76 bits per heavy atom. The van der Waals surface area contributed by atoms with Crippen molar-refractivity contribution >= 4 is 38.3 Å². The van der Waals surface area contributed by atoms with Crippen LogP contribution in [0.1, 0.15) is 11.3 Å². The molecule has 2 aromatic rings. The number of benzene rings is 1. The molecule has 21 heavy (non-hydrogen) atoms. The smallest absolute Gasteiger partial charge is 0.230 e. The molecular formula is C16H13BrN2OS. The number of halogens is 1. The van der Waals surface area contributed by atoms with Crippen molar-refractivity contribution in [3.63, 3.8) is 0 Å². The molecule has 1 atom stereocenters. The number of carbonyl (C=O) groups is 1. The first-order valence-electron chi connectivity index (χ1n) is 6.58. The van der Waals surface area contributed by atoms with Gasteiger partial charge in [-0.25, -0.2) is 4.98 Å². The topological polar surface area (TPSA) is 33.2 Å². The van der Waals surface area contributed by atoms with Crippen LogP contribution in [0.4, 0.5) is 5.13 Å². The fourth-order valence-electron chi connectivity index (χ4n) is 2.38. The Morgan fingerprint density at radius 1 is 1.43 bits per heavy atom. The number of terminal acetylenes is 1. The number of amides is 1. The van der Waals surface area contributed by atoms with Crippen molar-refractivity contribution < 1.29 is 4.79 Å². The van der Waals surface area contributed by atoms with E-state index in [2.05, 4.69) is 26.8 Å². The third kappa shape index (κ3) is 2.74. The molecule has 0 saturated carbocycles. The van der Waals surface area contributed by atoms with E-state index in [1.54, 1.807) is 16.2 Å². The number of aryl methyl sites for hydroxylation is 1. The highest BCUT2D eigenvalue weighted by Crippen LogP contribution is 2.35. The quantitative estimate of drug-likeness (QED) is 0.761. The average molecular weight is 361 g/mol. The zero-order chi connectivity index (χ0) is 15.0. The third-order valence-electron chi connectivity index (χ3n) is 3.49. The summed E-state index contributed by atoms with van der Waals surface area (Å²) >= 11 is 4.97. The number of rotatable bonds is 2. The Bertz CT molecular complexity index is 730. The largest absolute Gasteiger partial charge is 0.287 e. The molecule has 0 aliphatic carbocycles. The molecule has 0 radical (unpaired) electrons. The summed E-state index contributed by atoms with van der Waals surface area (Å²) in [6.45, 7) is 2.60. The molecule has 1 aromatic heterocycles. The van der Waals surface area contributed by atoms with Crippen LogP contribution in [0.2, 0.25) is 0 Å². The molecule has 0 spiro atoms. The van der Waals surface area contributed by atoms with Gasteiger partial charge >= 0.3 is 0 Å². The van der Waals surface area contributed by atoms with E-state index in [0.29, 0.717) is 13.0 Å². The SMILES string of the molecule is C#CC1CC(=O)N(c2nc(-c3ccc(Br)cc3)c(C)s2)C1. The fourth-order valence-corrected chi connectivity index (χ4v) is 3.60. The van der Waals surface area contributed by atoms with Gasteiger partial charge in [0, 0.05) is 33.8 Å². The number of hydrogen-bond donors (Lipinski definition) is 0. The lowest BCUT2D eigenvalue weighted by atomic mass is 10.1. The Balaban J connectivity index is 1.93. The van der Waals surface area contributed by atoms with Crippen molar-refractivity contribution in [2.24, 2.45) is 5.92 Å². The summed E-state index contributed by atoms with van der Waals surface area (Å²) in [4.78, 5) is 19.5. The van der Waals surface area contributed by atoms with Crippen molar-refractivity contribution in [2.45, 2.75) is 13.3 Å². The predicted molar refractivity (Wildman–Crippen MR) is 89.3 cm³/mol. The average Bonchev–Trinajstić information content (AvgIpc) is 3.03. The van der Waals surface area contributed by atoms with Crippen LogP contribution in [0.25, 0.3) is 11.3 Å². The molecule has 3 rings (SSSR count). The molecule has 3 nitrogen and oxygen atoms in total. The highest BCUT2D eigenvalue weighted by molar-refractivity contribution is 9.10. The number of carbonyl (C=O) groups excluding carboxylic acids is 1. The summed E-state index contributed by atoms with van der Waals surface area (Å²) < 4.78 is 1.03. The molecule has 1 saturated heterocycles. The summed E-state index contributed by atoms with van der Waals surface area (Å²) in [7, 11) is 0. The number of anilines is 1. The Hall–Kier alpha value is -1.64. The van der Waals surface area contributed by atoms with Crippen molar-refractivity contribution in [1.29, 1.82) is 0 Å². The van der Waals surface area contributed by atoms with Crippen LogP contribution in [-0.2, 0) is 4.79 Å². The molecule has 1 amide bonds. The van der Waals surface area contributed by atoms with E-state index in [9.17, 15) is 4.79 Å². The van der Waals surface area contributed by atoms with E-state index < -0.39 is 0 Å². The first-order valence-corrected chi connectivity index (χ1v) is 8.19. The molecule has 1 aliphatic heterocycles. The second-order valence-corrected chi connectivity index (χ2v) is 7.08. The van der Waals surface area contributed by atoms with Crippen LogP contribution in [0, 0.1) is 25.2 Å². The first-order chi connectivity index (χ1) is 10.1. The predicted octanol–water partition coefficient (Wildman–Crippen LogP) is 3.87. The van der Waals surface area contributed by atoms with Gasteiger partial charge in [0.25, 0.3) is 0 Å². The van der Waals surface area contributed by atoms with E-state index in [0.717, 1.165) is 25.7 Å². The Morgan fingerprint density at radius 2 is 2.14 bits per heavy atom. The van der Waals surface area contributed by atoms with E-state index in [1.165, 1.54) is 0 Å². The van der Waals surface area contributed by atoms with Gasteiger partial charge in [-0.2, -0.15) is 0 Å². The normalized spacial score (nSPS) is 18.0. The second-order valence-electron chi connectivity index (χ2n) is 4.98. The van der Waals surface area contributed by atoms with Gasteiger partial charge in [-0.15, -0.1) is 23.7 Å². The fraction of sp³-hybridized carbons (Fsp3) is 0.250. The third-order valence-corrected chi connectivity index (χ3v) is 5.02. The number of nitrogens with zero attached hydrogens (tertiary/aromatic N) is 2. The van der Waals surface area contributed by atoms with Gasteiger partial charge in [0.15, 0.2) is 5.13 Å². The van der Waals surface area contributed by atoms with Gasteiger partial charge in [0.05, 0.1) is 5.69 Å². The maximum absolute atomic E-state index is 12.0. The maximum atomic E-state index is 12.0. The van der Waals surface area contributed by atoms with Crippen LogP contribution >= 0.6 is 27.3 Å². The molecule has 0 N–H and O–H groups in total. The molecule has 1 aromatic carbocycles. The molecule has 1 unspecified atom stereocenters. The van der Waals surface area contributed by atoms with E-state index >= 15 is 0 Å². The molecule has 2 heterocycles. The minimum Gasteiger partial charge on any atom is -0.287 e. The van der Waals surface area contributed by atoms with Crippen molar-refractivity contribution in [1.82, 2.24) is 4.98 Å². The maximum Gasteiger partial charge on any atom is 0.230 e. The number of hydrogen-bond acceptors (Lipinski definition) is 3. The number of aromatic nitrogens is 1. The minimum atomic E-state index is -0.00200. The van der Waals surface area contributed by atoms with Crippen LogP contribution in [-0.4, -0.2) is 17.4 Å². The van der Waals surface area contributed by atoms with Crippen LogP contribution in [0.3, 0.4) is 0 Å². The minimum absolute atomic E-state index is 0.00200. The van der Waals surface area contributed by atoms with Gasteiger partial charge in [-0.3, -0.25) is 9.69 Å². The van der Waals surface area contributed by atoms with Gasteiger partial charge in [-0.1, -0.05) is 28.1 Å². The van der Waals surface area contributed by atoms with Crippen molar-refractivity contribution in [2.75, 3.05) is 11.4 Å². The first kappa shape index (κ1) is 14.3. The van der Waals surface area contributed by atoms with Crippen molar-refractivity contribution in [3.8, 4) is 23.6 Å². The lowest BCUT2D eigenvalue weighted by Gasteiger charge is -2.11. The lowest BCUT2D eigenvalue weighted by molar-refractivity contribution is -0.117. The lowest BCUT2D eigenvalue weighted by Crippen LogP contribution is -2.24. The molecule has 0 bridgehead atoms. The molecule has 106 valence electrons. The molecular weight excluding hydrogens is 348 g/mol. The Labute approximate surface area is 136 Å². The van der Waals surface area contributed by atoms with Crippen LogP contribution in [0.5, 0.6) is 0 Å². The number of thiazole rings is 1. The summed E-state index contributed by atoms with van der Waals surface area (Å²) in [5.74, 6) is 2.72. The second kappa shape index (κ2) is 5.63. The summed E-state index contributed by atoms with van der Waals surface area (Å²) in [6.07, 6.45) is 5.85. The van der Waals surface area contributed by atoms with Gasteiger partial charge in [-0.05, 0) is 19.1 Å². The van der Waals surface area contributed by atoms with Crippen LogP contribution < -0.4 is 4.90 Å². The zero-order valence-electron chi connectivity index (χ0n) is 11.5. The highest BCUT2D eigenvalue weighted by atomic mass is 79.9. The summed E-state index contributed by atoms with van der Waals surface area (Å²) in [5, 5.41) is 0.744. The molecule has 5 heteroatoms. The standard InChI is InChI=1S/C16H13BrN2OS/c1-3-11-8-14(20)19(9-11)16-18-15(10(2)21-16)12-4-6-13(17)7-5-12/h1,4-7,11H,8-9H2,2H3. The van der Waals surface area contributed by atoms with E-state index in [4.69, 9.17) is 6.42 Å². The zero-order valence-corrected chi connectivity index (χ0v) is 13.9.